The molecule has 0 radical (unpaired) electrons. The van der Waals surface area contributed by atoms with Gasteiger partial charge in [-0.3, -0.25) is 9.59 Å². The number of aryl methyl sites for hydroxylation is 1. The molecule has 1 atom stereocenters. The molecule has 0 spiro atoms. The third-order valence-electron chi connectivity index (χ3n) is 4.66. The highest BCUT2D eigenvalue weighted by atomic mass is 32.1. The van der Waals surface area contributed by atoms with Gasteiger partial charge in [-0.2, -0.15) is 13.2 Å². The molecule has 0 aromatic carbocycles. The van der Waals surface area contributed by atoms with Crippen molar-refractivity contribution in [3.63, 3.8) is 0 Å². The molecule has 1 unspecified atom stereocenters. The molecule has 2 aromatic rings. The number of hydrogen-bond donors (Lipinski definition) is 2. The Morgan fingerprint density at radius 2 is 2.00 bits per heavy atom. The molecule has 13 heteroatoms. The first kappa shape index (κ1) is 21.6. The summed E-state index contributed by atoms with van der Waals surface area (Å²) >= 11 is 1.83. The zero-order valence-corrected chi connectivity index (χ0v) is 16.9. The van der Waals surface area contributed by atoms with Crippen LogP contribution in [0.15, 0.2) is 10.9 Å². The highest BCUT2D eigenvalue weighted by molar-refractivity contribution is 7.13. The van der Waals surface area contributed by atoms with Gasteiger partial charge >= 0.3 is 6.18 Å². The number of nitrogens with zero attached hydrogens (tertiary/aromatic N) is 4. The Bertz CT molecular complexity index is 866. The van der Waals surface area contributed by atoms with Crippen LogP contribution in [0.25, 0.3) is 0 Å². The van der Waals surface area contributed by atoms with Gasteiger partial charge in [0, 0.05) is 30.1 Å². The highest BCUT2D eigenvalue weighted by Crippen LogP contribution is 2.43. The normalized spacial score (nSPS) is 17.8. The number of aromatic nitrogens is 3. The summed E-state index contributed by atoms with van der Waals surface area (Å²) in [4.78, 5) is 29.7. The van der Waals surface area contributed by atoms with Crippen LogP contribution in [0, 0.1) is 12.8 Å². The molecule has 8 nitrogen and oxygen atoms in total. The SMILES string of the molecule is Cc1csc(C(O)(CC(=O)N2CCC(C(=O)Nc3nncs3)CC2)C(F)(F)F)n1. The van der Waals surface area contributed by atoms with Crippen LogP contribution in [0.3, 0.4) is 0 Å². The van der Waals surface area contributed by atoms with Gasteiger partial charge in [-0.25, -0.2) is 4.98 Å². The Hall–Kier alpha value is -2.12. The summed E-state index contributed by atoms with van der Waals surface area (Å²) in [7, 11) is 0. The van der Waals surface area contributed by atoms with Gasteiger partial charge in [-0.15, -0.1) is 21.5 Å². The largest absolute Gasteiger partial charge is 0.424 e. The van der Waals surface area contributed by atoms with E-state index in [1.54, 1.807) is 0 Å². The molecule has 1 aliphatic rings. The number of hydrogen-bond acceptors (Lipinski definition) is 8. The lowest BCUT2D eigenvalue weighted by molar-refractivity contribution is -0.268. The van der Waals surface area contributed by atoms with Crippen molar-refractivity contribution in [1.29, 1.82) is 0 Å². The number of rotatable bonds is 5. The summed E-state index contributed by atoms with van der Waals surface area (Å²) < 4.78 is 40.7. The molecule has 1 fully saturated rings. The summed E-state index contributed by atoms with van der Waals surface area (Å²) in [6.45, 7) is 1.76. The van der Waals surface area contributed by atoms with Gasteiger partial charge < -0.3 is 15.3 Å². The number of thiazole rings is 1. The Morgan fingerprint density at radius 3 is 2.52 bits per heavy atom. The summed E-state index contributed by atoms with van der Waals surface area (Å²) in [5.74, 6) is -1.48. The molecule has 2 aromatic heterocycles. The van der Waals surface area contributed by atoms with Gasteiger partial charge in [0.1, 0.15) is 10.5 Å². The smallest absolute Gasteiger partial charge is 0.374 e. The Labute approximate surface area is 171 Å². The number of carbonyl (C=O) groups is 2. The minimum Gasteiger partial charge on any atom is -0.374 e. The molecule has 0 saturated carbocycles. The lowest BCUT2D eigenvalue weighted by Crippen LogP contribution is -2.49. The lowest BCUT2D eigenvalue weighted by Gasteiger charge is -2.34. The predicted molar refractivity (Wildman–Crippen MR) is 99.3 cm³/mol. The maximum absolute atomic E-state index is 13.6. The van der Waals surface area contributed by atoms with Crippen LogP contribution in [0.5, 0.6) is 0 Å². The first-order chi connectivity index (χ1) is 13.6. The topological polar surface area (TPSA) is 108 Å². The van der Waals surface area contributed by atoms with Gasteiger partial charge in [0.25, 0.3) is 0 Å². The summed E-state index contributed by atoms with van der Waals surface area (Å²) in [5.41, 5.74) is -1.53. The molecule has 1 aliphatic heterocycles. The number of nitrogens with one attached hydrogen (secondary N) is 1. The molecule has 3 heterocycles. The molecule has 158 valence electrons. The zero-order chi connectivity index (χ0) is 21.2. The van der Waals surface area contributed by atoms with E-state index in [1.165, 1.54) is 34.1 Å². The van der Waals surface area contributed by atoms with E-state index in [9.17, 15) is 27.9 Å². The van der Waals surface area contributed by atoms with E-state index in [0.29, 0.717) is 35.0 Å². The van der Waals surface area contributed by atoms with E-state index in [4.69, 9.17) is 0 Å². The van der Waals surface area contributed by atoms with Crippen molar-refractivity contribution in [3.05, 3.63) is 21.6 Å². The van der Waals surface area contributed by atoms with Crippen LogP contribution < -0.4 is 5.32 Å². The van der Waals surface area contributed by atoms with E-state index in [2.05, 4.69) is 20.5 Å². The average Bonchev–Trinajstić information content (AvgIpc) is 3.32. The van der Waals surface area contributed by atoms with Crippen molar-refractivity contribution in [2.45, 2.75) is 38.0 Å². The van der Waals surface area contributed by atoms with Crippen LogP contribution in [0.2, 0.25) is 0 Å². The minimum absolute atomic E-state index is 0.123. The maximum Gasteiger partial charge on any atom is 0.424 e. The number of carbonyl (C=O) groups excluding carboxylic acids is 2. The van der Waals surface area contributed by atoms with Crippen LogP contribution in [-0.2, 0) is 15.2 Å². The second kappa shape index (κ2) is 8.32. The quantitative estimate of drug-likeness (QED) is 0.725. The molecular weight excluding hydrogens is 431 g/mol. The predicted octanol–water partition coefficient (Wildman–Crippen LogP) is 2.32. The molecule has 2 N–H and O–H groups in total. The molecule has 29 heavy (non-hydrogen) atoms. The van der Waals surface area contributed by atoms with E-state index in [-0.39, 0.29) is 24.9 Å². The molecule has 1 saturated heterocycles. The summed E-state index contributed by atoms with van der Waals surface area (Å²) in [6, 6.07) is 0. The number of halogens is 3. The van der Waals surface area contributed by atoms with Crippen LogP contribution >= 0.6 is 22.7 Å². The average molecular weight is 449 g/mol. The zero-order valence-electron chi connectivity index (χ0n) is 15.3. The van der Waals surface area contributed by atoms with Crippen molar-refractivity contribution < 1.29 is 27.9 Å². The van der Waals surface area contributed by atoms with Crippen molar-refractivity contribution in [2.24, 2.45) is 5.92 Å². The summed E-state index contributed by atoms with van der Waals surface area (Å²) in [5, 5.41) is 21.5. The second-order valence-electron chi connectivity index (χ2n) is 6.72. The van der Waals surface area contributed by atoms with E-state index >= 15 is 0 Å². The molecule has 2 amide bonds. The van der Waals surface area contributed by atoms with E-state index in [1.807, 2.05) is 0 Å². The van der Waals surface area contributed by atoms with E-state index in [0.717, 1.165) is 0 Å². The fraction of sp³-hybridized carbons (Fsp3) is 0.562. The molecule has 0 aliphatic carbocycles. The van der Waals surface area contributed by atoms with Crippen LogP contribution in [-0.4, -0.2) is 56.3 Å². The number of anilines is 1. The molecule has 3 rings (SSSR count). The second-order valence-corrected chi connectivity index (χ2v) is 8.41. The van der Waals surface area contributed by atoms with Crippen LogP contribution in [0.1, 0.15) is 30.0 Å². The highest BCUT2D eigenvalue weighted by Gasteiger charge is 2.58. The molecule has 0 bridgehead atoms. The van der Waals surface area contributed by atoms with Crippen molar-refractivity contribution in [1.82, 2.24) is 20.1 Å². The first-order valence-corrected chi connectivity index (χ1v) is 10.4. The third kappa shape index (κ3) is 4.73. The Morgan fingerprint density at radius 1 is 1.31 bits per heavy atom. The number of piperidine rings is 1. The van der Waals surface area contributed by atoms with Crippen molar-refractivity contribution in [3.8, 4) is 0 Å². The van der Waals surface area contributed by atoms with Gasteiger partial charge in [0.05, 0.1) is 6.42 Å². The maximum atomic E-state index is 13.6. The Kier molecular flexibility index (Phi) is 6.19. The monoisotopic (exact) mass is 449 g/mol. The van der Waals surface area contributed by atoms with Crippen LogP contribution in [0.4, 0.5) is 18.3 Å². The van der Waals surface area contributed by atoms with E-state index < -0.39 is 29.1 Å². The standard InChI is InChI=1S/C16H18F3N5O3S2/c1-9-7-28-13(21-9)15(27,16(17,18)19)6-11(25)24-4-2-10(3-5-24)12(26)22-14-23-20-8-29-14/h7-8,10,27H,2-6H2,1H3,(H,22,23,26). The van der Waals surface area contributed by atoms with Gasteiger partial charge in [-0.05, 0) is 19.8 Å². The fourth-order valence-electron chi connectivity index (χ4n) is 3.00. The number of alkyl halides is 3. The first-order valence-electron chi connectivity index (χ1n) is 8.66. The fourth-order valence-corrected chi connectivity index (χ4v) is 4.36. The third-order valence-corrected chi connectivity index (χ3v) is 6.38. The Balaban J connectivity index is 1.61. The number of aliphatic hydroxyl groups is 1. The lowest BCUT2D eigenvalue weighted by atomic mass is 9.94. The number of likely N-dealkylation sites (tertiary alicyclic amines) is 1. The van der Waals surface area contributed by atoms with Gasteiger partial charge in [-0.1, -0.05) is 11.3 Å². The summed E-state index contributed by atoms with van der Waals surface area (Å²) in [6.07, 6.45) is -5.59. The minimum atomic E-state index is -5.05. The van der Waals surface area contributed by atoms with Gasteiger partial charge in [0.15, 0.2) is 0 Å². The van der Waals surface area contributed by atoms with Gasteiger partial charge in [0.2, 0.25) is 22.5 Å². The number of amides is 2. The molecular formula is C16H18F3N5O3S2. The van der Waals surface area contributed by atoms with Crippen molar-refractivity contribution >= 4 is 39.6 Å². The van der Waals surface area contributed by atoms with Crippen molar-refractivity contribution in [2.75, 3.05) is 18.4 Å².